The van der Waals surface area contributed by atoms with Crippen LogP contribution in [0.5, 0.6) is 0 Å². The van der Waals surface area contributed by atoms with E-state index in [1.807, 2.05) is 6.92 Å². The number of hydrogen-bond donors (Lipinski definition) is 0. The van der Waals surface area contributed by atoms with Crippen LogP contribution in [0.1, 0.15) is 34.1 Å². The lowest BCUT2D eigenvalue weighted by molar-refractivity contribution is 0.128. The Labute approximate surface area is 105 Å². The van der Waals surface area contributed by atoms with Crippen molar-refractivity contribution in [2.75, 3.05) is 19.4 Å². The Kier molecular flexibility index (Phi) is 4.98. The van der Waals surface area contributed by atoms with Crippen molar-refractivity contribution in [3.63, 3.8) is 0 Å². The SMILES string of the molecule is COC(C)CS(=O)(=O)N1CC(C)CC(C)C1C. The van der Waals surface area contributed by atoms with E-state index in [1.165, 1.54) is 0 Å². The van der Waals surface area contributed by atoms with Gasteiger partial charge in [-0.2, -0.15) is 4.31 Å². The highest BCUT2D eigenvalue weighted by Crippen LogP contribution is 2.29. The number of sulfonamides is 1. The molecule has 0 aromatic heterocycles. The van der Waals surface area contributed by atoms with E-state index in [0.29, 0.717) is 18.4 Å². The fourth-order valence-electron chi connectivity index (χ4n) is 2.49. The maximum Gasteiger partial charge on any atom is 0.216 e. The molecule has 4 atom stereocenters. The van der Waals surface area contributed by atoms with Gasteiger partial charge in [0.2, 0.25) is 10.0 Å². The van der Waals surface area contributed by atoms with E-state index in [2.05, 4.69) is 13.8 Å². The Morgan fingerprint density at radius 1 is 1.35 bits per heavy atom. The number of rotatable bonds is 4. The summed E-state index contributed by atoms with van der Waals surface area (Å²) >= 11 is 0. The summed E-state index contributed by atoms with van der Waals surface area (Å²) < 4.78 is 31.3. The van der Waals surface area contributed by atoms with Crippen LogP contribution in [0.25, 0.3) is 0 Å². The lowest BCUT2D eigenvalue weighted by atomic mass is 9.88. The summed E-state index contributed by atoms with van der Waals surface area (Å²) in [6, 6.07) is 0.0975. The van der Waals surface area contributed by atoms with Crippen LogP contribution in [0, 0.1) is 11.8 Å². The minimum Gasteiger partial charge on any atom is -0.381 e. The van der Waals surface area contributed by atoms with E-state index in [0.717, 1.165) is 6.42 Å². The molecule has 0 N–H and O–H groups in total. The first-order chi connectivity index (χ1) is 7.77. The quantitative estimate of drug-likeness (QED) is 0.776. The summed E-state index contributed by atoms with van der Waals surface area (Å²) in [5, 5.41) is 0. The van der Waals surface area contributed by atoms with Crippen molar-refractivity contribution in [1.82, 2.24) is 4.31 Å². The highest BCUT2D eigenvalue weighted by Gasteiger charge is 2.36. The second-order valence-electron chi connectivity index (χ2n) is 5.45. The summed E-state index contributed by atoms with van der Waals surface area (Å²) in [5.74, 6) is 0.938. The first-order valence-corrected chi connectivity index (χ1v) is 7.91. The molecule has 0 amide bonds. The molecule has 0 radical (unpaired) electrons. The van der Waals surface area contributed by atoms with Gasteiger partial charge >= 0.3 is 0 Å². The third-order valence-corrected chi connectivity index (χ3v) is 5.84. The van der Waals surface area contributed by atoms with E-state index in [9.17, 15) is 8.42 Å². The van der Waals surface area contributed by atoms with Crippen molar-refractivity contribution >= 4 is 10.0 Å². The molecule has 1 aliphatic heterocycles. The predicted octanol–water partition coefficient (Wildman–Crippen LogP) is 1.72. The van der Waals surface area contributed by atoms with Gasteiger partial charge in [-0.1, -0.05) is 13.8 Å². The van der Waals surface area contributed by atoms with E-state index < -0.39 is 10.0 Å². The second kappa shape index (κ2) is 5.67. The molecule has 0 aliphatic carbocycles. The summed E-state index contributed by atoms with van der Waals surface area (Å²) in [4.78, 5) is 0. The molecule has 0 aromatic rings. The van der Waals surface area contributed by atoms with Crippen molar-refractivity contribution in [1.29, 1.82) is 0 Å². The molecule has 5 heteroatoms. The van der Waals surface area contributed by atoms with Gasteiger partial charge < -0.3 is 4.74 Å². The van der Waals surface area contributed by atoms with E-state index in [-0.39, 0.29) is 17.9 Å². The van der Waals surface area contributed by atoms with Gasteiger partial charge in [0.15, 0.2) is 0 Å². The van der Waals surface area contributed by atoms with Crippen molar-refractivity contribution in [2.24, 2.45) is 11.8 Å². The van der Waals surface area contributed by atoms with E-state index >= 15 is 0 Å². The second-order valence-corrected chi connectivity index (χ2v) is 7.42. The van der Waals surface area contributed by atoms with Gasteiger partial charge in [-0.25, -0.2) is 8.42 Å². The van der Waals surface area contributed by atoms with Crippen LogP contribution in [-0.4, -0.2) is 44.3 Å². The lowest BCUT2D eigenvalue weighted by Gasteiger charge is -2.40. The molecule has 1 aliphatic rings. The molecule has 1 fully saturated rings. The maximum absolute atomic E-state index is 12.3. The van der Waals surface area contributed by atoms with Crippen LogP contribution in [0.3, 0.4) is 0 Å². The number of hydrogen-bond acceptors (Lipinski definition) is 3. The average molecular weight is 263 g/mol. The Bertz CT molecular complexity index is 342. The third-order valence-electron chi connectivity index (χ3n) is 3.75. The lowest BCUT2D eigenvalue weighted by Crippen LogP contribution is -2.50. The van der Waals surface area contributed by atoms with Gasteiger partial charge in [0, 0.05) is 19.7 Å². The van der Waals surface area contributed by atoms with Crippen molar-refractivity contribution in [2.45, 2.75) is 46.3 Å². The molecule has 102 valence electrons. The maximum atomic E-state index is 12.3. The van der Waals surface area contributed by atoms with Crippen LogP contribution in [-0.2, 0) is 14.8 Å². The van der Waals surface area contributed by atoms with Gasteiger partial charge in [-0.3, -0.25) is 0 Å². The summed E-state index contributed by atoms with van der Waals surface area (Å²) in [7, 11) is -1.65. The number of piperidine rings is 1. The van der Waals surface area contributed by atoms with Gasteiger partial charge in [0.1, 0.15) is 0 Å². The van der Waals surface area contributed by atoms with Crippen molar-refractivity contribution < 1.29 is 13.2 Å². The fourth-order valence-corrected chi connectivity index (χ4v) is 4.61. The normalized spacial score (nSPS) is 33.6. The van der Waals surface area contributed by atoms with Gasteiger partial charge in [-0.05, 0) is 32.1 Å². The molecule has 1 rings (SSSR count). The number of ether oxygens (including phenoxy) is 1. The zero-order valence-corrected chi connectivity index (χ0v) is 12.3. The van der Waals surface area contributed by atoms with Gasteiger partial charge in [0.25, 0.3) is 0 Å². The summed E-state index contributed by atoms with van der Waals surface area (Å²) in [6.07, 6.45) is 0.854. The van der Waals surface area contributed by atoms with Gasteiger partial charge in [0.05, 0.1) is 11.9 Å². The molecule has 1 saturated heterocycles. The number of nitrogens with zero attached hydrogens (tertiary/aromatic N) is 1. The number of methoxy groups -OCH3 is 1. The molecular formula is C12H25NO3S. The third kappa shape index (κ3) is 3.66. The minimum atomic E-state index is -3.20. The van der Waals surface area contributed by atoms with Crippen LogP contribution >= 0.6 is 0 Å². The monoisotopic (exact) mass is 263 g/mol. The van der Waals surface area contributed by atoms with Crippen LogP contribution in [0.4, 0.5) is 0 Å². The standard InChI is InChI=1S/C12H25NO3S/c1-9-6-10(2)12(4)13(7-9)17(14,15)8-11(3)16-5/h9-12H,6-8H2,1-5H3. The summed E-state index contributed by atoms with van der Waals surface area (Å²) in [6.45, 7) is 8.68. The van der Waals surface area contributed by atoms with E-state index in [1.54, 1.807) is 18.3 Å². The van der Waals surface area contributed by atoms with Crippen molar-refractivity contribution in [3.8, 4) is 0 Å². The molecule has 4 nitrogen and oxygen atoms in total. The highest BCUT2D eigenvalue weighted by molar-refractivity contribution is 7.89. The Hall–Kier alpha value is -0.130. The molecule has 0 aromatic carbocycles. The minimum absolute atomic E-state index is 0.0767. The average Bonchev–Trinajstić information content (AvgIpc) is 2.22. The Balaban J connectivity index is 2.82. The molecular weight excluding hydrogens is 238 g/mol. The summed E-state index contributed by atoms with van der Waals surface area (Å²) in [5.41, 5.74) is 0. The first-order valence-electron chi connectivity index (χ1n) is 6.30. The zero-order valence-electron chi connectivity index (χ0n) is 11.5. The predicted molar refractivity (Wildman–Crippen MR) is 69.4 cm³/mol. The van der Waals surface area contributed by atoms with Crippen LogP contribution in [0.15, 0.2) is 0 Å². The van der Waals surface area contributed by atoms with Crippen LogP contribution in [0.2, 0.25) is 0 Å². The molecule has 17 heavy (non-hydrogen) atoms. The molecule has 0 spiro atoms. The zero-order chi connectivity index (χ0) is 13.2. The smallest absolute Gasteiger partial charge is 0.216 e. The molecule has 4 unspecified atom stereocenters. The van der Waals surface area contributed by atoms with E-state index in [4.69, 9.17) is 4.74 Å². The highest BCUT2D eigenvalue weighted by atomic mass is 32.2. The largest absolute Gasteiger partial charge is 0.381 e. The molecule has 0 saturated carbocycles. The molecule has 0 bridgehead atoms. The molecule has 1 heterocycles. The Morgan fingerprint density at radius 3 is 2.47 bits per heavy atom. The van der Waals surface area contributed by atoms with Gasteiger partial charge in [-0.15, -0.1) is 0 Å². The Morgan fingerprint density at radius 2 is 1.94 bits per heavy atom. The first kappa shape index (κ1) is 14.9. The topological polar surface area (TPSA) is 46.6 Å². The van der Waals surface area contributed by atoms with Crippen LogP contribution < -0.4 is 0 Å². The fraction of sp³-hybridized carbons (Fsp3) is 1.00. The van der Waals surface area contributed by atoms with Crippen molar-refractivity contribution in [3.05, 3.63) is 0 Å².